The number of nitrogens with zero attached hydrogens (tertiary/aromatic N) is 2. The summed E-state index contributed by atoms with van der Waals surface area (Å²) in [6, 6.07) is 26.1. The monoisotopic (exact) mass is 892 g/mol. The smallest absolute Gasteiger partial charge is 0.410 e. The first-order valence-corrected chi connectivity index (χ1v) is 23.0. The number of ether oxygens (including phenoxy) is 4. The van der Waals surface area contributed by atoms with Crippen LogP contribution in [0.15, 0.2) is 114 Å². The van der Waals surface area contributed by atoms with Crippen LogP contribution in [0.2, 0.25) is 0 Å². The van der Waals surface area contributed by atoms with Crippen molar-refractivity contribution in [2.45, 2.75) is 95.6 Å². The number of aliphatic hydroxyl groups excluding tert-OH is 2. The van der Waals surface area contributed by atoms with Crippen LogP contribution in [0.25, 0.3) is 10.8 Å². The number of halogens is 1. The lowest BCUT2D eigenvalue weighted by Gasteiger charge is -2.60. The first-order chi connectivity index (χ1) is 31.0. The summed E-state index contributed by atoms with van der Waals surface area (Å²) in [5.41, 5.74) is 3.26. The Labute approximate surface area is 381 Å². The van der Waals surface area contributed by atoms with Gasteiger partial charge in [-0.2, -0.15) is 0 Å². The van der Waals surface area contributed by atoms with E-state index in [1.807, 2.05) is 69.3 Å². The highest BCUT2D eigenvalue weighted by molar-refractivity contribution is 6.18. The topological polar surface area (TPSA) is 136 Å². The highest BCUT2D eigenvalue weighted by Gasteiger charge is 2.66. The first kappa shape index (κ1) is 46.8. The second-order valence-electron chi connectivity index (χ2n) is 17.8. The van der Waals surface area contributed by atoms with Crippen LogP contribution in [-0.2, 0) is 20.9 Å². The number of amides is 1. The van der Waals surface area contributed by atoms with Crippen LogP contribution in [-0.4, -0.2) is 82.9 Å². The molecule has 1 fully saturated rings. The Bertz CT molecular complexity index is 2320. The Kier molecular flexibility index (Phi) is 15.5. The van der Waals surface area contributed by atoms with Crippen molar-refractivity contribution in [3.63, 3.8) is 0 Å². The number of carbonyl (C=O) groups excluding carboxylic acids is 2. The molecule has 0 spiro atoms. The number of aldehydes is 1. The van der Waals surface area contributed by atoms with Gasteiger partial charge in [-0.25, -0.2) is 4.79 Å². The molecule has 340 valence electrons. The quantitative estimate of drug-likeness (QED) is 0.0292. The zero-order chi connectivity index (χ0) is 45.3. The van der Waals surface area contributed by atoms with Crippen LogP contribution in [0.4, 0.5) is 4.79 Å². The molecule has 6 unspecified atom stereocenters. The van der Waals surface area contributed by atoms with Gasteiger partial charge < -0.3 is 34.0 Å². The fourth-order valence-electron chi connectivity index (χ4n) is 9.82. The summed E-state index contributed by atoms with van der Waals surface area (Å²) >= 11 is 6.16. The Morgan fingerprint density at radius 1 is 0.969 bits per heavy atom. The summed E-state index contributed by atoms with van der Waals surface area (Å²) in [4.78, 5) is 34.5. The lowest BCUT2D eigenvalue weighted by Crippen LogP contribution is -2.70. The molecule has 64 heavy (non-hydrogen) atoms. The summed E-state index contributed by atoms with van der Waals surface area (Å²) in [6.45, 7) is 10.3. The van der Waals surface area contributed by atoms with Crippen LogP contribution >= 0.6 is 11.6 Å². The number of unbranched alkanes of at least 4 members (excludes halogenated alkanes) is 2. The molecule has 1 aliphatic heterocycles. The Morgan fingerprint density at radius 3 is 2.47 bits per heavy atom. The van der Waals surface area contributed by atoms with Crippen LogP contribution in [0.1, 0.15) is 93.1 Å². The van der Waals surface area contributed by atoms with E-state index in [2.05, 4.69) is 30.9 Å². The van der Waals surface area contributed by atoms with E-state index < -0.39 is 29.4 Å². The van der Waals surface area contributed by atoms with Crippen molar-refractivity contribution >= 4 is 40.5 Å². The number of hydrogen-bond donors (Lipinski definition) is 2. The molecule has 2 aliphatic carbocycles. The van der Waals surface area contributed by atoms with Gasteiger partial charge in [-0.15, -0.1) is 18.2 Å². The van der Waals surface area contributed by atoms with E-state index in [1.165, 1.54) is 0 Å². The maximum Gasteiger partial charge on any atom is 0.410 e. The Balaban J connectivity index is 1.48. The molecular formula is C52H61ClN2O9. The number of aliphatic hydroxyl groups is 2. The molecular weight excluding hydrogens is 832 g/mol. The number of hydrogen-bond acceptors (Lipinski definition) is 10. The predicted molar refractivity (Wildman–Crippen MR) is 249 cm³/mol. The van der Waals surface area contributed by atoms with Crippen molar-refractivity contribution in [3.8, 4) is 17.2 Å². The fraction of sp³-hybridized carbons (Fsp3) is 0.442. The van der Waals surface area contributed by atoms with Gasteiger partial charge in [0.25, 0.3) is 0 Å². The number of alkyl halides is 1. The van der Waals surface area contributed by atoms with E-state index in [-0.39, 0.29) is 63.0 Å². The zero-order valence-corrected chi connectivity index (χ0v) is 37.9. The summed E-state index contributed by atoms with van der Waals surface area (Å²) < 4.78 is 27.0. The number of allylic oxidation sites excluding steroid dienone is 1. The zero-order valence-electron chi connectivity index (χ0n) is 37.1. The molecule has 1 heterocycles. The third-order valence-corrected chi connectivity index (χ3v) is 12.6. The number of fused-ring (bicyclic) bond motifs is 3. The predicted octanol–water partition coefficient (Wildman–Crippen LogP) is 10.8. The van der Waals surface area contributed by atoms with Crippen molar-refractivity contribution in [1.29, 1.82) is 0 Å². The second kappa shape index (κ2) is 21.2. The number of oxime groups is 1. The average Bonchev–Trinajstić information content (AvgIpc) is 3.29. The summed E-state index contributed by atoms with van der Waals surface area (Å²) in [5, 5.41) is 27.0. The highest BCUT2D eigenvalue weighted by Crippen LogP contribution is 2.62. The van der Waals surface area contributed by atoms with Crippen molar-refractivity contribution in [2.24, 2.45) is 22.9 Å². The van der Waals surface area contributed by atoms with E-state index in [1.54, 1.807) is 29.2 Å². The minimum Gasteiger partial charge on any atom is -0.459 e. The van der Waals surface area contributed by atoms with Crippen molar-refractivity contribution < 1.29 is 43.6 Å². The highest BCUT2D eigenvalue weighted by atomic mass is 35.5. The van der Waals surface area contributed by atoms with Gasteiger partial charge in [-0.3, -0.25) is 9.69 Å². The molecule has 1 saturated carbocycles. The van der Waals surface area contributed by atoms with E-state index in [0.29, 0.717) is 41.4 Å². The summed E-state index contributed by atoms with van der Waals surface area (Å²) in [7, 11) is 0. The molecule has 0 saturated heterocycles. The summed E-state index contributed by atoms with van der Waals surface area (Å²) in [6.07, 6.45) is 8.85. The van der Waals surface area contributed by atoms with E-state index in [0.717, 1.165) is 59.4 Å². The van der Waals surface area contributed by atoms with Crippen LogP contribution < -0.4 is 9.47 Å². The van der Waals surface area contributed by atoms with E-state index in [4.69, 9.17) is 40.5 Å². The van der Waals surface area contributed by atoms with Crippen LogP contribution in [0.5, 0.6) is 17.2 Å². The molecule has 0 radical (unpaired) electrons. The van der Waals surface area contributed by atoms with E-state index in [9.17, 15) is 19.8 Å². The second-order valence-corrected chi connectivity index (χ2v) is 18.2. The molecule has 11 nitrogen and oxygen atoms in total. The first-order valence-electron chi connectivity index (χ1n) is 22.5. The van der Waals surface area contributed by atoms with Crippen molar-refractivity contribution in [2.75, 3.05) is 32.3 Å². The molecule has 0 aromatic heterocycles. The Hall–Kier alpha value is -5.20. The van der Waals surface area contributed by atoms with E-state index >= 15 is 0 Å². The Morgan fingerprint density at radius 2 is 1.72 bits per heavy atom. The molecule has 2 N–H and O–H groups in total. The van der Waals surface area contributed by atoms with Gasteiger partial charge >= 0.3 is 6.09 Å². The van der Waals surface area contributed by atoms with Gasteiger partial charge in [-0.05, 0) is 111 Å². The van der Waals surface area contributed by atoms with Crippen molar-refractivity contribution in [3.05, 3.63) is 126 Å². The molecule has 4 aromatic carbocycles. The average molecular weight is 894 g/mol. The van der Waals surface area contributed by atoms with Crippen molar-refractivity contribution in [1.82, 2.24) is 4.90 Å². The lowest BCUT2D eigenvalue weighted by molar-refractivity contribution is -0.256. The maximum absolute atomic E-state index is 14.8. The number of carbonyl (C=O) groups is 2. The van der Waals surface area contributed by atoms with Crippen LogP contribution in [0.3, 0.4) is 0 Å². The minimum atomic E-state index is -1.50. The van der Waals surface area contributed by atoms with Gasteiger partial charge in [-0.1, -0.05) is 84.7 Å². The van der Waals surface area contributed by atoms with Gasteiger partial charge in [0.2, 0.25) is 5.79 Å². The number of rotatable bonds is 20. The third-order valence-electron chi connectivity index (χ3n) is 12.4. The third kappa shape index (κ3) is 10.3. The SMILES string of the molecule is C=CCOC12Oc3ccc(Oc4cccc(C=O)c4)cc3C3C(CCCCO)C(CCCCO)C=C(C(=NOC(C)(C)C)CC1N(Cc1cccc4ccccc14)C(=O)OCCCl)C32. The maximum atomic E-state index is 14.8. The fourth-order valence-corrected chi connectivity index (χ4v) is 9.89. The molecule has 7 rings (SSSR count). The molecule has 6 atom stereocenters. The van der Waals surface area contributed by atoms with Gasteiger partial charge in [0.1, 0.15) is 41.8 Å². The molecule has 0 bridgehead atoms. The molecule has 1 amide bonds. The van der Waals surface area contributed by atoms with Gasteiger partial charge in [0.05, 0.1) is 30.7 Å². The summed E-state index contributed by atoms with van der Waals surface area (Å²) in [5.74, 6) is -0.521. The normalized spacial score (nSPS) is 23.0. The molecule has 3 aliphatic rings. The largest absolute Gasteiger partial charge is 0.459 e. The molecule has 12 heteroatoms. The lowest BCUT2D eigenvalue weighted by atomic mass is 9.55. The standard InChI is InChI=1S/C52H61ClN2O9/c1-5-27-61-52-47(55(50(59)60-28-24-53)33-38-18-13-17-36-15-6-7-20-41(36)38)32-45(54-64-51(2,3)4)43-30-37(16-8-10-25-56)42(21-9-11-26-57)48(49(43)52)44-31-40(22-23-46(44)63-52)62-39-19-12-14-35(29-39)34-58/h5-7,12-15,17-20,22-23,29-31,34,37,42,47-49,56-57H,1,8-11,16,21,24-28,32-33H2,2-4H3. The van der Waals surface area contributed by atoms with Gasteiger partial charge in [0.15, 0.2) is 0 Å². The van der Waals surface area contributed by atoms with Crippen LogP contribution in [0, 0.1) is 17.8 Å². The minimum absolute atomic E-state index is 0.000224. The number of benzene rings is 4. The molecule has 4 aromatic rings. The van der Waals surface area contributed by atoms with Gasteiger partial charge in [0, 0.05) is 36.7 Å².